The number of urea groups is 1. The predicted molar refractivity (Wildman–Crippen MR) is 72.0 cm³/mol. The Morgan fingerprint density at radius 2 is 2.00 bits per heavy atom. The maximum Gasteiger partial charge on any atom is 0.324 e. The number of carbonyl (C=O) groups excluding carboxylic acids is 1. The minimum atomic E-state index is -0.335. The Bertz CT molecular complexity index is 535. The van der Waals surface area contributed by atoms with Crippen LogP contribution in [0.4, 0.5) is 16.3 Å². The fourth-order valence-electron chi connectivity index (χ4n) is 1.42. The molecule has 0 bridgehead atoms. The van der Waals surface area contributed by atoms with Gasteiger partial charge in [-0.05, 0) is 31.2 Å². The smallest absolute Gasteiger partial charge is 0.308 e. The second-order valence-corrected chi connectivity index (χ2v) is 4.08. The number of hydrogen-bond acceptors (Lipinski definition) is 2. The molecule has 0 fully saturated rings. The predicted octanol–water partition coefficient (Wildman–Crippen LogP) is 3.20. The Hall–Kier alpha value is -2.01. The number of nitrogens with zero attached hydrogens (tertiary/aromatic N) is 2. The molecule has 0 saturated carbocycles. The Balaban J connectivity index is 1.94. The molecule has 0 radical (unpaired) electrons. The van der Waals surface area contributed by atoms with Gasteiger partial charge in [-0.15, -0.1) is 0 Å². The van der Waals surface area contributed by atoms with Crippen molar-refractivity contribution in [3.05, 3.63) is 41.6 Å². The molecule has 0 spiro atoms. The van der Waals surface area contributed by atoms with Gasteiger partial charge in [-0.2, -0.15) is 5.10 Å². The van der Waals surface area contributed by atoms with Crippen molar-refractivity contribution in [2.24, 2.45) is 0 Å². The number of nitrogens with one attached hydrogen (secondary N) is 2. The Morgan fingerprint density at radius 3 is 2.61 bits per heavy atom. The molecule has 0 unspecified atom stereocenters. The molecule has 1 aromatic carbocycles. The Labute approximate surface area is 110 Å². The van der Waals surface area contributed by atoms with Gasteiger partial charge in [0.15, 0.2) is 5.82 Å². The van der Waals surface area contributed by atoms with Crippen LogP contribution in [0.3, 0.4) is 0 Å². The Morgan fingerprint density at radius 1 is 1.28 bits per heavy atom. The summed E-state index contributed by atoms with van der Waals surface area (Å²) in [5.74, 6) is 0.517. The number of rotatable bonds is 3. The lowest BCUT2D eigenvalue weighted by Gasteiger charge is -2.05. The van der Waals surface area contributed by atoms with E-state index in [0.717, 1.165) is 6.54 Å². The summed E-state index contributed by atoms with van der Waals surface area (Å²) in [6.07, 6.45) is 1.80. The molecule has 2 N–H and O–H groups in total. The molecule has 0 aliphatic carbocycles. The van der Waals surface area contributed by atoms with Crippen LogP contribution in [-0.4, -0.2) is 15.8 Å². The fourth-order valence-corrected chi connectivity index (χ4v) is 1.54. The van der Waals surface area contributed by atoms with Gasteiger partial charge in [-0.25, -0.2) is 4.79 Å². The summed E-state index contributed by atoms with van der Waals surface area (Å²) in [5, 5.41) is 10.1. The lowest BCUT2D eigenvalue weighted by molar-refractivity contribution is 0.262. The van der Waals surface area contributed by atoms with Crippen molar-refractivity contribution >= 4 is 29.1 Å². The summed E-state index contributed by atoms with van der Waals surface area (Å²) in [6.45, 7) is 2.74. The summed E-state index contributed by atoms with van der Waals surface area (Å²) in [5.41, 5.74) is 0.673. The first-order chi connectivity index (χ1) is 8.67. The summed E-state index contributed by atoms with van der Waals surface area (Å²) in [7, 11) is 0. The largest absolute Gasteiger partial charge is 0.324 e. The van der Waals surface area contributed by atoms with Crippen LogP contribution in [0.15, 0.2) is 36.5 Å². The minimum Gasteiger partial charge on any atom is -0.308 e. The molecule has 2 rings (SSSR count). The highest BCUT2D eigenvalue weighted by Crippen LogP contribution is 2.13. The number of halogens is 1. The van der Waals surface area contributed by atoms with Crippen molar-refractivity contribution in [2.45, 2.75) is 13.5 Å². The average molecular weight is 265 g/mol. The second-order valence-electron chi connectivity index (χ2n) is 3.64. The highest BCUT2D eigenvalue weighted by Gasteiger charge is 2.04. The number of amides is 2. The third kappa shape index (κ3) is 3.24. The van der Waals surface area contributed by atoms with Crippen molar-refractivity contribution < 1.29 is 4.79 Å². The Kier molecular flexibility index (Phi) is 3.84. The zero-order chi connectivity index (χ0) is 13.0. The van der Waals surface area contributed by atoms with Gasteiger partial charge in [-0.1, -0.05) is 11.6 Å². The van der Waals surface area contributed by atoms with E-state index in [1.54, 1.807) is 41.2 Å². The number of benzene rings is 1. The van der Waals surface area contributed by atoms with Crippen LogP contribution in [0.2, 0.25) is 5.02 Å². The van der Waals surface area contributed by atoms with E-state index in [9.17, 15) is 4.79 Å². The van der Waals surface area contributed by atoms with Crippen LogP contribution in [0.1, 0.15) is 6.92 Å². The standard InChI is InChI=1S/C12H13ClN4O/c1-2-17-8-7-11(16-17)15-12(18)14-10-5-3-9(13)4-6-10/h3-8H,2H2,1H3,(H2,14,15,16,18). The fraction of sp³-hybridized carbons (Fsp3) is 0.167. The molecule has 94 valence electrons. The minimum absolute atomic E-state index is 0.335. The van der Waals surface area contributed by atoms with Gasteiger partial charge < -0.3 is 5.32 Å². The van der Waals surface area contributed by atoms with Crippen molar-refractivity contribution in [2.75, 3.05) is 10.6 Å². The van der Waals surface area contributed by atoms with Crippen LogP contribution >= 0.6 is 11.6 Å². The molecule has 0 atom stereocenters. The summed E-state index contributed by atoms with van der Waals surface area (Å²) in [6, 6.07) is 8.29. The molecular formula is C12H13ClN4O. The zero-order valence-electron chi connectivity index (χ0n) is 9.85. The summed E-state index contributed by atoms with van der Waals surface area (Å²) in [4.78, 5) is 11.7. The maximum atomic E-state index is 11.7. The molecule has 1 aromatic heterocycles. The van der Waals surface area contributed by atoms with Crippen molar-refractivity contribution in [1.29, 1.82) is 0 Å². The summed E-state index contributed by atoms with van der Waals surface area (Å²) < 4.78 is 1.73. The molecule has 18 heavy (non-hydrogen) atoms. The molecule has 6 heteroatoms. The van der Waals surface area contributed by atoms with Crippen LogP contribution in [-0.2, 0) is 6.54 Å². The molecule has 5 nitrogen and oxygen atoms in total. The highest BCUT2D eigenvalue weighted by atomic mass is 35.5. The molecule has 2 aromatic rings. The molecule has 0 aliphatic heterocycles. The van der Waals surface area contributed by atoms with Crippen LogP contribution in [0.5, 0.6) is 0 Å². The van der Waals surface area contributed by atoms with Gasteiger partial charge in [0.1, 0.15) is 0 Å². The van der Waals surface area contributed by atoms with E-state index in [2.05, 4.69) is 15.7 Å². The van der Waals surface area contributed by atoms with Gasteiger partial charge in [-0.3, -0.25) is 10.00 Å². The van der Waals surface area contributed by atoms with E-state index >= 15 is 0 Å². The second kappa shape index (κ2) is 5.55. The van der Waals surface area contributed by atoms with Gasteiger partial charge in [0, 0.05) is 29.5 Å². The third-order valence-electron chi connectivity index (χ3n) is 2.31. The van der Waals surface area contributed by atoms with Crippen molar-refractivity contribution in [3.8, 4) is 0 Å². The number of aromatic nitrogens is 2. The lowest BCUT2D eigenvalue weighted by atomic mass is 10.3. The highest BCUT2D eigenvalue weighted by molar-refractivity contribution is 6.30. The van der Waals surface area contributed by atoms with Crippen LogP contribution < -0.4 is 10.6 Å². The van der Waals surface area contributed by atoms with Gasteiger partial charge in [0.25, 0.3) is 0 Å². The topological polar surface area (TPSA) is 59.0 Å². The van der Waals surface area contributed by atoms with E-state index < -0.39 is 0 Å². The summed E-state index contributed by atoms with van der Waals surface area (Å²) >= 11 is 5.76. The quantitative estimate of drug-likeness (QED) is 0.894. The number of anilines is 2. The van der Waals surface area contributed by atoms with Crippen molar-refractivity contribution in [1.82, 2.24) is 9.78 Å². The molecule has 1 heterocycles. The third-order valence-corrected chi connectivity index (χ3v) is 2.56. The SMILES string of the molecule is CCn1ccc(NC(=O)Nc2ccc(Cl)cc2)n1. The number of aryl methyl sites for hydroxylation is 1. The average Bonchev–Trinajstić information content (AvgIpc) is 2.79. The first kappa shape index (κ1) is 12.4. The first-order valence-electron chi connectivity index (χ1n) is 5.54. The first-order valence-corrected chi connectivity index (χ1v) is 5.92. The van der Waals surface area contributed by atoms with Gasteiger partial charge in [0.05, 0.1) is 0 Å². The monoisotopic (exact) mass is 264 g/mol. The van der Waals surface area contributed by atoms with Crippen LogP contribution in [0, 0.1) is 0 Å². The number of carbonyl (C=O) groups is 1. The van der Waals surface area contributed by atoms with E-state index in [1.807, 2.05) is 6.92 Å². The number of hydrogen-bond donors (Lipinski definition) is 2. The molecule has 0 saturated heterocycles. The van der Waals surface area contributed by atoms with Crippen LogP contribution in [0.25, 0.3) is 0 Å². The van der Waals surface area contributed by atoms with E-state index in [-0.39, 0.29) is 6.03 Å². The van der Waals surface area contributed by atoms with Gasteiger partial charge >= 0.3 is 6.03 Å². The molecule has 2 amide bonds. The van der Waals surface area contributed by atoms with E-state index in [4.69, 9.17) is 11.6 Å². The van der Waals surface area contributed by atoms with E-state index in [0.29, 0.717) is 16.5 Å². The van der Waals surface area contributed by atoms with Crippen molar-refractivity contribution in [3.63, 3.8) is 0 Å². The lowest BCUT2D eigenvalue weighted by Crippen LogP contribution is -2.19. The van der Waals surface area contributed by atoms with E-state index in [1.165, 1.54) is 0 Å². The maximum absolute atomic E-state index is 11.7. The van der Waals surface area contributed by atoms with Gasteiger partial charge in [0.2, 0.25) is 0 Å². The molecule has 0 aliphatic rings. The molecular weight excluding hydrogens is 252 g/mol. The normalized spacial score (nSPS) is 10.1. The zero-order valence-corrected chi connectivity index (χ0v) is 10.6.